The van der Waals surface area contributed by atoms with Crippen molar-refractivity contribution in [2.45, 2.75) is 19.9 Å². The van der Waals surface area contributed by atoms with E-state index >= 15 is 0 Å². The Morgan fingerprint density at radius 2 is 1.60 bits per heavy atom. The molecule has 1 unspecified atom stereocenters. The first-order chi connectivity index (χ1) is 14.5. The summed E-state index contributed by atoms with van der Waals surface area (Å²) in [5.41, 5.74) is 2.77. The predicted molar refractivity (Wildman–Crippen MR) is 121 cm³/mol. The fourth-order valence-corrected chi connectivity index (χ4v) is 4.11. The average Bonchev–Trinajstić information content (AvgIpc) is 2.78. The lowest BCUT2D eigenvalue weighted by atomic mass is 9.99. The van der Waals surface area contributed by atoms with E-state index < -0.39 is 0 Å². The Morgan fingerprint density at radius 3 is 2.37 bits per heavy atom. The van der Waals surface area contributed by atoms with Crippen LogP contribution < -0.4 is 10.2 Å². The Labute approximate surface area is 177 Å². The zero-order valence-corrected chi connectivity index (χ0v) is 17.5. The number of nitrogens with zero attached hydrogens (tertiary/aromatic N) is 2. The minimum Gasteiger partial charge on any atom is -0.368 e. The highest BCUT2D eigenvalue weighted by atomic mass is 16.2. The van der Waals surface area contributed by atoms with Crippen molar-refractivity contribution in [1.29, 1.82) is 0 Å². The Morgan fingerprint density at radius 1 is 0.900 bits per heavy atom. The molecule has 1 saturated heterocycles. The molecule has 3 aromatic carbocycles. The molecule has 30 heavy (non-hydrogen) atoms. The van der Waals surface area contributed by atoms with Crippen LogP contribution in [0.2, 0.25) is 0 Å². The number of benzene rings is 3. The second kappa shape index (κ2) is 8.57. The van der Waals surface area contributed by atoms with Crippen LogP contribution in [0.5, 0.6) is 0 Å². The van der Waals surface area contributed by atoms with Gasteiger partial charge in [0.15, 0.2) is 0 Å². The van der Waals surface area contributed by atoms with Gasteiger partial charge in [-0.15, -0.1) is 0 Å². The molecule has 0 radical (unpaired) electrons. The summed E-state index contributed by atoms with van der Waals surface area (Å²) in [7, 11) is 0. The lowest BCUT2D eigenvalue weighted by molar-refractivity contribution is -0.129. The highest BCUT2D eigenvalue weighted by Crippen LogP contribution is 2.25. The summed E-state index contributed by atoms with van der Waals surface area (Å²) >= 11 is 0. The standard InChI is InChI=1S/C25H27N3O2/c1-18(23-12-6-8-20-7-3-4-11-24(20)23)26-25(30)21-9-5-10-22(17-21)28-15-13-27(14-16-28)19(2)29/h3-12,17-18H,13-16H2,1-2H3,(H,26,30). The molecule has 5 heteroatoms. The van der Waals surface area contributed by atoms with E-state index in [4.69, 9.17) is 0 Å². The number of anilines is 1. The molecule has 1 heterocycles. The van der Waals surface area contributed by atoms with Gasteiger partial charge in [0.25, 0.3) is 5.91 Å². The molecule has 0 bridgehead atoms. The number of carbonyl (C=O) groups is 2. The third-order valence-corrected chi connectivity index (χ3v) is 5.84. The molecule has 0 aliphatic carbocycles. The molecular formula is C25H27N3O2. The molecule has 1 atom stereocenters. The van der Waals surface area contributed by atoms with Gasteiger partial charge in [0.1, 0.15) is 0 Å². The topological polar surface area (TPSA) is 52.7 Å². The van der Waals surface area contributed by atoms with E-state index in [9.17, 15) is 9.59 Å². The molecule has 5 nitrogen and oxygen atoms in total. The van der Waals surface area contributed by atoms with E-state index in [0.29, 0.717) is 18.7 Å². The van der Waals surface area contributed by atoms with Crippen molar-refractivity contribution in [3.05, 3.63) is 77.9 Å². The molecule has 0 aromatic heterocycles. The molecule has 1 aliphatic heterocycles. The zero-order valence-electron chi connectivity index (χ0n) is 17.5. The first-order valence-corrected chi connectivity index (χ1v) is 10.4. The normalized spacial score (nSPS) is 15.1. The fraction of sp³-hybridized carbons (Fsp3) is 0.280. The number of amides is 2. The van der Waals surface area contributed by atoms with Crippen LogP contribution in [0.15, 0.2) is 66.7 Å². The molecule has 1 aliphatic rings. The summed E-state index contributed by atoms with van der Waals surface area (Å²) in [6.07, 6.45) is 0. The molecule has 0 saturated carbocycles. The molecule has 1 N–H and O–H groups in total. The fourth-order valence-electron chi connectivity index (χ4n) is 4.11. The van der Waals surface area contributed by atoms with Crippen molar-refractivity contribution in [3.63, 3.8) is 0 Å². The maximum absolute atomic E-state index is 13.0. The van der Waals surface area contributed by atoms with Gasteiger partial charge in [-0.3, -0.25) is 9.59 Å². The highest BCUT2D eigenvalue weighted by molar-refractivity contribution is 5.96. The van der Waals surface area contributed by atoms with E-state index in [1.165, 1.54) is 5.39 Å². The number of rotatable bonds is 4. The number of carbonyl (C=O) groups excluding carboxylic acids is 2. The number of piperazine rings is 1. The van der Waals surface area contributed by atoms with E-state index in [-0.39, 0.29) is 17.9 Å². The summed E-state index contributed by atoms with van der Waals surface area (Å²) in [4.78, 5) is 28.6. The van der Waals surface area contributed by atoms with Crippen molar-refractivity contribution in [2.75, 3.05) is 31.1 Å². The third-order valence-electron chi connectivity index (χ3n) is 5.84. The van der Waals surface area contributed by atoms with Gasteiger partial charge in [-0.25, -0.2) is 0 Å². The first-order valence-electron chi connectivity index (χ1n) is 10.4. The van der Waals surface area contributed by atoms with Gasteiger partial charge < -0.3 is 15.1 Å². The zero-order chi connectivity index (χ0) is 21.1. The van der Waals surface area contributed by atoms with Crippen molar-refractivity contribution >= 4 is 28.3 Å². The van der Waals surface area contributed by atoms with Crippen molar-refractivity contribution < 1.29 is 9.59 Å². The van der Waals surface area contributed by atoms with Crippen LogP contribution in [0, 0.1) is 0 Å². The van der Waals surface area contributed by atoms with E-state index in [2.05, 4.69) is 34.5 Å². The van der Waals surface area contributed by atoms with Gasteiger partial charge in [0.2, 0.25) is 5.91 Å². The Hall–Kier alpha value is -3.34. The summed E-state index contributed by atoms with van der Waals surface area (Å²) in [6, 6.07) is 22.0. The smallest absolute Gasteiger partial charge is 0.251 e. The molecule has 0 spiro atoms. The maximum atomic E-state index is 13.0. The minimum atomic E-state index is -0.105. The molecule has 154 valence electrons. The monoisotopic (exact) mass is 401 g/mol. The number of nitrogens with one attached hydrogen (secondary N) is 1. The second-order valence-electron chi connectivity index (χ2n) is 7.81. The SMILES string of the molecule is CC(=O)N1CCN(c2cccc(C(=O)NC(C)c3cccc4ccccc34)c2)CC1. The van der Waals surface area contributed by atoms with Crippen LogP contribution >= 0.6 is 0 Å². The van der Waals surface area contributed by atoms with Gasteiger partial charge in [-0.05, 0) is 41.5 Å². The summed E-state index contributed by atoms with van der Waals surface area (Å²) in [6.45, 7) is 6.60. The summed E-state index contributed by atoms with van der Waals surface area (Å²) in [5.74, 6) is 0.0323. The highest BCUT2D eigenvalue weighted by Gasteiger charge is 2.20. The Balaban J connectivity index is 1.47. The van der Waals surface area contributed by atoms with Crippen LogP contribution in [0.25, 0.3) is 10.8 Å². The third kappa shape index (κ3) is 4.15. The van der Waals surface area contributed by atoms with E-state index in [0.717, 1.165) is 29.7 Å². The van der Waals surface area contributed by atoms with Crippen LogP contribution in [0.4, 0.5) is 5.69 Å². The Bertz CT molecular complexity index is 1070. The van der Waals surface area contributed by atoms with Crippen LogP contribution in [0.1, 0.15) is 35.8 Å². The van der Waals surface area contributed by atoms with Gasteiger partial charge in [-0.1, -0.05) is 48.5 Å². The number of hydrogen-bond acceptors (Lipinski definition) is 3. The summed E-state index contributed by atoms with van der Waals surface area (Å²) in [5, 5.41) is 5.47. The molecule has 2 amide bonds. The number of fused-ring (bicyclic) bond motifs is 1. The first kappa shape index (κ1) is 20.0. The van der Waals surface area contributed by atoms with Gasteiger partial charge in [-0.2, -0.15) is 0 Å². The molecular weight excluding hydrogens is 374 g/mol. The van der Waals surface area contributed by atoms with Gasteiger partial charge in [0, 0.05) is 44.4 Å². The lowest BCUT2D eigenvalue weighted by Gasteiger charge is -2.35. The average molecular weight is 402 g/mol. The van der Waals surface area contributed by atoms with Crippen molar-refractivity contribution in [2.24, 2.45) is 0 Å². The van der Waals surface area contributed by atoms with Crippen LogP contribution in [0.3, 0.4) is 0 Å². The van der Waals surface area contributed by atoms with Crippen LogP contribution in [-0.4, -0.2) is 42.9 Å². The van der Waals surface area contributed by atoms with Crippen molar-refractivity contribution in [3.8, 4) is 0 Å². The van der Waals surface area contributed by atoms with E-state index in [1.54, 1.807) is 6.92 Å². The van der Waals surface area contributed by atoms with Crippen molar-refractivity contribution in [1.82, 2.24) is 10.2 Å². The van der Waals surface area contributed by atoms with E-state index in [1.807, 2.05) is 54.3 Å². The summed E-state index contributed by atoms with van der Waals surface area (Å²) < 4.78 is 0. The largest absolute Gasteiger partial charge is 0.368 e. The van der Waals surface area contributed by atoms with Crippen LogP contribution in [-0.2, 0) is 4.79 Å². The maximum Gasteiger partial charge on any atom is 0.251 e. The molecule has 1 fully saturated rings. The number of hydrogen-bond donors (Lipinski definition) is 1. The lowest BCUT2D eigenvalue weighted by Crippen LogP contribution is -2.48. The van der Waals surface area contributed by atoms with Gasteiger partial charge in [0.05, 0.1) is 6.04 Å². The minimum absolute atomic E-state index is 0.0837. The second-order valence-corrected chi connectivity index (χ2v) is 7.81. The molecule has 4 rings (SSSR count). The molecule has 3 aromatic rings. The Kier molecular flexibility index (Phi) is 5.70. The quantitative estimate of drug-likeness (QED) is 0.719. The predicted octanol–water partition coefficient (Wildman–Crippen LogP) is 4.00. The van der Waals surface area contributed by atoms with Gasteiger partial charge >= 0.3 is 0 Å².